The zero-order valence-electron chi connectivity index (χ0n) is 19.0. The molecule has 0 saturated carbocycles. The van der Waals surface area contributed by atoms with Gasteiger partial charge in [0.25, 0.3) is 11.8 Å². The van der Waals surface area contributed by atoms with Crippen LogP contribution in [-0.2, 0) is 9.59 Å². The highest BCUT2D eigenvalue weighted by Gasteiger charge is 2.53. The summed E-state index contributed by atoms with van der Waals surface area (Å²) in [4.78, 5) is 55.1. The lowest BCUT2D eigenvalue weighted by atomic mass is 9.86. The van der Waals surface area contributed by atoms with Crippen molar-refractivity contribution in [2.45, 2.75) is 13.0 Å². The molecule has 1 saturated heterocycles. The van der Waals surface area contributed by atoms with Crippen LogP contribution in [0.3, 0.4) is 0 Å². The van der Waals surface area contributed by atoms with Gasteiger partial charge in [-0.3, -0.25) is 24.1 Å². The lowest BCUT2D eigenvalue weighted by molar-refractivity contribution is -0.135. The summed E-state index contributed by atoms with van der Waals surface area (Å²) in [7, 11) is 4.77. The average molecular weight is 479 g/mol. The quantitative estimate of drug-likeness (QED) is 0.304. The van der Waals surface area contributed by atoms with E-state index in [1.807, 2.05) is 0 Å². The van der Waals surface area contributed by atoms with Crippen molar-refractivity contribution in [3.8, 4) is 5.75 Å². The summed E-state index contributed by atoms with van der Waals surface area (Å²) in [6, 6.07) is 12.0. The van der Waals surface area contributed by atoms with Gasteiger partial charge in [-0.05, 0) is 48.9 Å². The second-order valence-corrected chi connectivity index (χ2v) is 9.14. The van der Waals surface area contributed by atoms with Gasteiger partial charge in [0.15, 0.2) is 5.78 Å². The van der Waals surface area contributed by atoms with E-state index in [4.69, 9.17) is 4.74 Å². The van der Waals surface area contributed by atoms with Crippen LogP contribution < -0.4 is 9.64 Å². The van der Waals surface area contributed by atoms with Crippen LogP contribution in [0.25, 0.3) is 0 Å². The Morgan fingerprint density at radius 3 is 2.32 bits per heavy atom. The fourth-order valence-corrected chi connectivity index (χ4v) is 4.63. The number of nitrogens with zero attached hydrogens (tertiary/aromatic N) is 4. The number of amides is 2. The Balaban J connectivity index is 1.84. The number of ketones is 2. The van der Waals surface area contributed by atoms with Gasteiger partial charge in [-0.2, -0.15) is 0 Å². The molecule has 3 aromatic rings. The summed E-state index contributed by atoms with van der Waals surface area (Å²) in [5, 5.41) is 8.85. The van der Waals surface area contributed by atoms with Gasteiger partial charge >= 0.3 is 0 Å². The minimum absolute atomic E-state index is 0.218. The Labute approximate surface area is 200 Å². The van der Waals surface area contributed by atoms with E-state index in [9.17, 15) is 19.2 Å². The maximum absolute atomic E-state index is 13.5. The van der Waals surface area contributed by atoms with Crippen molar-refractivity contribution in [3.05, 3.63) is 70.2 Å². The number of carbonyl (C=O) groups excluding carboxylic acids is 4. The van der Waals surface area contributed by atoms with Crippen molar-refractivity contribution in [2.24, 2.45) is 5.92 Å². The Morgan fingerprint density at radius 1 is 1.03 bits per heavy atom. The van der Waals surface area contributed by atoms with E-state index in [1.165, 1.54) is 16.9 Å². The molecular formula is C24H22N4O5S. The first kappa shape index (κ1) is 23.2. The Kier molecular flexibility index (Phi) is 6.25. The Morgan fingerprint density at radius 2 is 1.74 bits per heavy atom. The number of aryl methyl sites for hydroxylation is 1. The van der Waals surface area contributed by atoms with Crippen LogP contribution in [0.15, 0.2) is 48.5 Å². The SMILES string of the molecule is COc1ccc(C(=O)C2C(=O)C(=O)N(c3nnc(C)s3)C2c2cccc(C(=O)N(C)C)c2)cc1. The van der Waals surface area contributed by atoms with Crippen LogP contribution in [0.5, 0.6) is 5.75 Å². The molecule has 1 aliphatic rings. The first-order chi connectivity index (χ1) is 16.2. The summed E-state index contributed by atoms with van der Waals surface area (Å²) in [6.45, 7) is 1.73. The number of aromatic nitrogens is 2. The monoisotopic (exact) mass is 478 g/mol. The molecule has 0 bridgehead atoms. The molecule has 9 nitrogen and oxygen atoms in total. The largest absolute Gasteiger partial charge is 0.497 e. The standard InChI is InChI=1S/C24H22N4O5S/c1-13-25-26-24(34-13)28-19(15-6-5-7-16(12-15)22(31)27(2)3)18(21(30)23(28)32)20(29)14-8-10-17(33-4)11-9-14/h5-12,18-19H,1-4H3. The molecule has 1 aliphatic heterocycles. The zero-order chi connectivity index (χ0) is 24.6. The van der Waals surface area contributed by atoms with Crippen LogP contribution >= 0.6 is 11.3 Å². The first-order valence-corrected chi connectivity index (χ1v) is 11.2. The lowest BCUT2D eigenvalue weighted by Gasteiger charge is -2.25. The van der Waals surface area contributed by atoms with Crippen molar-refractivity contribution in [2.75, 3.05) is 26.1 Å². The molecule has 0 N–H and O–H groups in total. The number of hydrogen-bond acceptors (Lipinski definition) is 8. The van der Waals surface area contributed by atoms with Crippen LogP contribution in [0.4, 0.5) is 5.13 Å². The van der Waals surface area contributed by atoms with E-state index in [-0.39, 0.29) is 16.6 Å². The van der Waals surface area contributed by atoms with Gasteiger partial charge in [-0.15, -0.1) is 10.2 Å². The molecule has 174 valence electrons. The van der Waals surface area contributed by atoms with Gasteiger partial charge in [0.2, 0.25) is 10.9 Å². The lowest BCUT2D eigenvalue weighted by Crippen LogP contribution is -2.31. The van der Waals surface area contributed by atoms with Gasteiger partial charge in [0.05, 0.1) is 13.2 Å². The molecule has 0 radical (unpaired) electrons. The van der Waals surface area contributed by atoms with E-state index in [0.29, 0.717) is 21.9 Å². The highest BCUT2D eigenvalue weighted by atomic mass is 32.1. The fourth-order valence-electron chi connectivity index (χ4n) is 3.91. The van der Waals surface area contributed by atoms with Gasteiger partial charge in [-0.25, -0.2) is 0 Å². The number of methoxy groups -OCH3 is 1. The minimum Gasteiger partial charge on any atom is -0.497 e. The van der Waals surface area contributed by atoms with E-state index >= 15 is 0 Å². The molecular weight excluding hydrogens is 456 g/mol. The molecule has 2 amide bonds. The van der Waals surface area contributed by atoms with Gasteiger partial charge in [-0.1, -0.05) is 23.5 Å². The maximum Gasteiger partial charge on any atom is 0.297 e. The molecule has 0 spiro atoms. The number of hydrogen-bond donors (Lipinski definition) is 0. The van der Waals surface area contributed by atoms with Crippen molar-refractivity contribution >= 4 is 39.8 Å². The third-order valence-electron chi connectivity index (χ3n) is 5.57. The van der Waals surface area contributed by atoms with Crippen molar-refractivity contribution in [3.63, 3.8) is 0 Å². The predicted octanol–water partition coefficient (Wildman–Crippen LogP) is 2.71. The summed E-state index contributed by atoms with van der Waals surface area (Å²) in [5.41, 5.74) is 1.12. The van der Waals surface area contributed by atoms with Crippen molar-refractivity contribution in [1.29, 1.82) is 0 Å². The second kappa shape index (κ2) is 9.14. The number of ether oxygens (including phenoxy) is 1. The summed E-state index contributed by atoms with van der Waals surface area (Å²) in [6.07, 6.45) is 0. The smallest absolute Gasteiger partial charge is 0.297 e. The molecule has 10 heteroatoms. The van der Waals surface area contributed by atoms with Gasteiger partial charge in [0, 0.05) is 25.2 Å². The molecule has 1 aromatic heterocycles. The molecule has 4 rings (SSSR count). The predicted molar refractivity (Wildman–Crippen MR) is 125 cm³/mol. The van der Waals surface area contributed by atoms with Gasteiger partial charge in [0.1, 0.15) is 16.7 Å². The highest BCUT2D eigenvalue weighted by molar-refractivity contribution is 7.15. The zero-order valence-corrected chi connectivity index (χ0v) is 19.8. The van der Waals surface area contributed by atoms with Crippen molar-refractivity contribution in [1.82, 2.24) is 15.1 Å². The fraction of sp³-hybridized carbons (Fsp3) is 0.250. The summed E-state index contributed by atoms with van der Waals surface area (Å²) < 4.78 is 5.14. The molecule has 2 unspecified atom stereocenters. The Hall–Kier alpha value is -3.92. The molecule has 2 heterocycles. The van der Waals surface area contributed by atoms with E-state index in [0.717, 1.165) is 11.3 Å². The molecule has 1 fully saturated rings. The average Bonchev–Trinajstić information content (AvgIpc) is 3.38. The summed E-state index contributed by atoms with van der Waals surface area (Å²) in [5.74, 6) is -3.16. The third kappa shape index (κ3) is 4.08. The highest BCUT2D eigenvalue weighted by Crippen LogP contribution is 2.42. The number of benzene rings is 2. The van der Waals surface area contributed by atoms with Crippen LogP contribution in [0.1, 0.15) is 37.3 Å². The third-order valence-corrected chi connectivity index (χ3v) is 6.40. The van der Waals surface area contributed by atoms with Crippen LogP contribution in [0.2, 0.25) is 0 Å². The number of Topliss-reactive ketones (excluding diaryl/α,β-unsaturated/α-hetero) is 2. The van der Waals surface area contributed by atoms with Crippen LogP contribution in [0, 0.1) is 12.8 Å². The number of rotatable bonds is 6. The molecule has 2 atom stereocenters. The van der Waals surface area contributed by atoms with E-state index in [1.54, 1.807) is 69.6 Å². The van der Waals surface area contributed by atoms with Crippen LogP contribution in [-0.4, -0.2) is 59.7 Å². The topological polar surface area (TPSA) is 110 Å². The second-order valence-electron chi connectivity index (χ2n) is 7.98. The first-order valence-electron chi connectivity index (χ1n) is 10.4. The number of carbonyl (C=O) groups is 4. The maximum atomic E-state index is 13.5. The minimum atomic E-state index is -1.31. The summed E-state index contributed by atoms with van der Waals surface area (Å²) >= 11 is 1.15. The normalized spacial score (nSPS) is 17.7. The number of anilines is 1. The molecule has 34 heavy (non-hydrogen) atoms. The molecule has 2 aromatic carbocycles. The Bertz CT molecular complexity index is 1280. The van der Waals surface area contributed by atoms with E-state index in [2.05, 4.69) is 10.2 Å². The van der Waals surface area contributed by atoms with E-state index < -0.39 is 29.4 Å². The molecule has 0 aliphatic carbocycles. The van der Waals surface area contributed by atoms with Crippen molar-refractivity contribution < 1.29 is 23.9 Å². The van der Waals surface area contributed by atoms with Gasteiger partial charge < -0.3 is 9.64 Å².